The fraction of sp³-hybridized carbons (Fsp3) is 0.750. The summed E-state index contributed by atoms with van der Waals surface area (Å²) < 4.78 is 71.8. The highest BCUT2D eigenvalue weighted by Crippen LogP contribution is 2.10. The first-order chi connectivity index (χ1) is 18.2. The van der Waals surface area contributed by atoms with Gasteiger partial charge in [-0.2, -0.15) is 8.42 Å². The van der Waals surface area contributed by atoms with E-state index in [1.54, 1.807) is 18.2 Å². The van der Waals surface area contributed by atoms with Gasteiger partial charge in [0, 0.05) is 5.33 Å². The second-order valence-electron chi connectivity index (χ2n) is 7.18. The number of benzene rings is 1. The van der Waals surface area contributed by atoms with E-state index >= 15 is 0 Å². The summed E-state index contributed by atoms with van der Waals surface area (Å²) in [6, 6.07) is 7.98. The summed E-state index contributed by atoms with van der Waals surface area (Å²) in [7, 11) is -3.75. The zero-order valence-corrected chi connectivity index (χ0v) is 23.8. The van der Waals surface area contributed by atoms with Gasteiger partial charge in [0.1, 0.15) is 0 Å². The van der Waals surface area contributed by atoms with Crippen molar-refractivity contribution in [1.82, 2.24) is 0 Å². The summed E-state index contributed by atoms with van der Waals surface area (Å²) in [5.74, 6) is 0. The average molecular weight is 618 g/mol. The van der Waals surface area contributed by atoms with E-state index in [1.165, 1.54) is 12.1 Å². The van der Waals surface area contributed by atoms with Gasteiger partial charge in [-0.3, -0.25) is 4.18 Å². The molecule has 0 amide bonds. The lowest BCUT2D eigenvalue weighted by Crippen LogP contribution is -2.15. The zero-order valence-electron chi connectivity index (χ0n) is 21.4. The van der Waals surface area contributed by atoms with Crippen molar-refractivity contribution in [1.29, 1.82) is 0 Å². The molecule has 0 heterocycles. The predicted molar refractivity (Wildman–Crippen MR) is 140 cm³/mol. The standard InChI is InChI=1S/C24H41BrO11S/c25-6-7-28-8-9-29-10-11-30-12-13-31-14-15-32-16-17-33-18-19-34-20-21-35-22-23-36-37(26,27)24-4-2-1-3-5-24/h1-5H,6-23H2. The van der Waals surface area contributed by atoms with Crippen molar-refractivity contribution >= 4 is 26.0 Å². The van der Waals surface area contributed by atoms with Crippen molar-refractivity contribution < 1.29 is 50.5 Å². The highest BCUT2D eigenvalue weighted by atomic mass is 79.9. The number of hydrogen-bond donors (Lipinski definition) is 0. The van der Waals surface area contributed by atoms with Gasteiger partial charge in [0.15, 0.2) is 0 Å². The van der Waals surface area contributed by atoms with Crippen molar-refractivity contribution in [3.05, 3.63) is 30.3 Å². The smallest absolute Gasteiger partial charge is 0.297 e. The van der Waals surface area contributed by atoms with Crippen molar-refractivity contribution in [2.75, 3.05) is 118 Å². The Morgan fingerprint density at radius 1 is 0.459 bits per heavy atom. The van der Waals surface area contributed by atoms with Crippen LogP contribution in [0.5, 0.6) is 0 Å². The summed E-state index contributed by atoms with van der Waals surface area (Å²) in [4.78, 5) is 0.124. The van der Waals surface area contributed by atoms with Gasteiger partial charge < -0.3 is 37.9 Å². The molecule has 37 heavy (non-hydrogen) atoms. The van der Waals surface area contributed by atoms with E-state index in [-0.39, 0.29) is 18.1 Å². The van der Waals surface area contributed by atoms with Gasteiger partial charge in [-0.05, 0) is 12.1 Å². The maximum Gasteiger partial charge on any atom is 0.297 e. The van der Waals surface area contributed by atoms with Crippen molar-refractivity contribution in [2.45, 2.75) is 4.90 Å². The second kappa shape index (κ2) is 25.6. The molecule has 0 saturated carbocycles. The van der Waals surface area contributed by atoms with Crippen LogP contribution >= 0.6 is 15.9 Å². The molecule has 0 fully saturated rings. The monoisotopic (exact) mass is 616 g/mol. The minimum absolute atomic E-state index is 0.0522. The third kappa shape index (κ3) is 21.9. The first-order valence-corrected chi connectivity index (χ1v) is 14.8. The Labute approximate surface area is 229 Å². The average Bonchev–Trinajstić information content (AvgIpc) is 2.91. The van der Waals surface area contributed by atoms with E-state index < -0.39 is 10.1 Å². The lowest BCUT2D eigenvalue weighted by atomic mass is 10.4. The number of halogens is 1. The second-order valence-corrected chi connectivity index (χ2v) is 9.59. The van der Waals surface area contributed by atoms with Crippen LogP contribution in [0, 0.1) is 0 Å². The Hall–Kier alpha value is -0.710. The van der Waals surface area contributed by atoms with E-state index in [0.29, 0.717) is 99.1 Å². The molecule has 1 aromatic carbocycles. The Kier molecular flexibility index (Phi) is 23.7. The first kappa shape index (κ1) is 34.3. The van der Waals surface area contributed by atoms with Gasteiger partial charge in [0.2, 0.25) is 0 Å². The lowest BCUT2D eigenvalue weighted by Gasteiger charge is -2.09. The van der Waals surface area contributed by atoms with Crippen LogP contribution in [0.2, 0.25) is 0 Å². The van der Waals surface area contributed by atoms with Crippen molar-refractivity contribution in [2.24, 2.45) is 0 Å². The van der Waals surface area contributed by atoms with Gasteiger partial charge >= 0.3 is 0 Å². The van der Waals surface area contributed by atoms with Gasteiger partial charge in [0.25, 0.3) is 10.1 Å². The Morgan fingerprint density at radius 3 is 1.08 bits per heavy atom. The summed E-state index contributed by atoms with van der Waals surface area (Å²) in [5.41, 5.74) is 0. The van der Waals surface area contributed by atoms with Crippen LogP contribution in [0.3, 0.4) is 0 Å². The van der Waals surface area contributed by atoms with Gasteiger partial charge in [-0.1, -0.05) is 34.1 Å². The van der Waals surface area contributed by atoms with E-state index in [2.05, 4.69) is 15.9 Å². The topological polar surface area (TPSA) is 117 Å². The Balaban J connectivity index is 1.71. The summed E-state index contributed by atoms with van der Waals surface area (Å²) in [6.07, 6.45) is 0. The molecule has 0 unspecified atom stereocenters. The van der Waals surface area contributed by atoms with Crippen molar-refractivity contribution in [3.63, 3.8) is 0 Å². The molecule has 1 rings (SSSR count). The normalized spacial score (nSPS) is 11.8. The van der Waals surface area contributed by atoms with Crippen LogP contribution in [-0.4, -0.2) is 126 Å². The molecule has 0 aromatic heterocycles. The Morgan fingerprint density at radius 2 is 0.757 bits per heavy atom. The van der Waals surface area contributed by atoms with Crippen LogP contribution in [0.1, 0.15) is 0 Å². The first-order valence-electron chi connectivity index (χ1n) is 12.3. The highest BCUT2D eigenvalue weighted by Gasteiger charge is 2.13. The van der Waals surface area contributed by atoms with E-state index in [9.17, 15) is 8.42 Å². The minimum Gasteiger partial charge on any atom is -0.378 e. The third-order valence-corrected chi connectivity index (χ3v) is 5.97. The SMILES string of the molecule is O=S(=O)(OCCOCCOCCOCCOCCOCCOCCOCCOCCBr)c1ccccc1. The van der Waals surface area contributed by atoms with Gasteiger partial charge in [0.05, 0.1) is 117 Å². The Bertz CT molecular complexity index is 710. The van der Waals surface area contributed by atoms with Crippen LogP contribution in [-0.2, 0) is 52.2 Å². The molecule has 0 aliphatic rings. The quantitative estimate of drug-likeness (QED) is 0.0780. The number of ether oxygens (including phenoxy) is 8. The fourth-order valence-corrected chi connectivity index (χ4v) is 3.70. The minimum atomic E-state index is -3.75. The third-order valence-electron chi connectivity index (χ3n) is 4.32. The van der Waals surface area contributed by atoms with Crippen LogP contribution in [0.25, 0.3) is 0 Å². The predicted octanol–water partition coefficient (Wildman–Crippen LogP) is 1.92. The van der Waals surface area contributed by atoms with Gasteiger partial charge in [-0.25, -0.2) is 0 Å². The molecule has 1 aromatic rings. The van der Waals surface area contributed by atoms with E-state index in [1.807, 2.05) is 0 Å². The highest BCUT2D eigenvalue weighted by molar-refractivity contribution is 9.09. The molecule has 0 aliphatic carbocycles. The number of hydrogen-bond acceptors (Lipinski definition) is 11. The van der Waals surface area contributed by atoms with Gasteiger partial charge in [-0.15, -0.1) is 0 Å². The van der Waals surface area contributed by atoms with Crippen LogP contribution < -0.4 is 0 Å². The van der Waals surface area contributed by atoms with E-state index in [4.69, 9.17) is 42.1 Å². The molecule has 0 aliphatic heterocycles. The molecule has 0 radical (unpaired) electrons. The summed E-state index contributed by atoms with van der Waals surface area (Å²) in [6.45, 7) is 7.58. The molecular weight excluding hydrogens is 576 g/mol. The molecule has 0 bridgehead atoms. The lowest BCUT2D eigenvalue weighted by molar-refractivity contribution is -0.0233. The van der Waals surface area contributed by atoms with Crippen molar-refractivity contribution in [3.8, 4) is 0 Å². The molecule has 216 valence electrons. The van der Waals surface area contributed by atoms with Crippen LogP contribution in [0.4, 0.5) is 0 Å². The molecule has 0 saturated heterocycles. The molecule has 0 spiro atoms. The maximum atomic E-state index is 11.9. The maximum absolute atomic E-state index is 11.9. The summed E-state index contributed by atoms with van der Waals surface area (Å²) >= 11 is 3.29. The largest absolute Gasteiger partial charge is 0.378 e. The molecule has 0 N–H and O–H groups in total. The van der Waals surface area contributed by atoms with E-state index in [0.717, 1.165) is 5.33 Å². The molecule has 0 atom stereocenters. The summed E-state index contributed by atoms with van der Waals surface area (Å²) in [5, 5.41) is 0.830. The molecule has 13 heteroatoms. The van der Waals surface area contributed by atoms with Crippen LogP contribution in [0.15, 0.2) is 35.2 Å². The number of rotatable bonds is 28. The number of alkyl halides is 1. The molecule has 11 nitrogen and oxygen atoms in total. The fourth-order valence-electron chi connectivity index (χ4n) is 2.55. The molecular formula is C24H41BrO11S. The zero-order chi connectivity index (χ0) is 26.7.